The van der Waals surface area contributed by atoms with E-state index in [0.29, 0.717) is 0 Å². The Morgan fingerprint density at radius 1 is 1.55 bits per heavy atom. The van der Waals surface area contributed by atoms with Crippen molar-refractivity contribution in [3.8, 4) is 0 Å². The Labute approximate surface area is 68.6 Å². The van der Waals surface area contributed by atoms with Crippen LogP contribution in [0.1, 0.15) is 0 Å². The maximum absolute atomic E-state index is 8.89. The van der Waals surface area contributed by atoms with Gasteiger partial charge in [0.15, 0.2) is 5.65 Å². The Morgan fingerprint density at radius 3 is 3.27 bits per heavy atom. The van der Waals surface area contributed by atoms with E-state index in [4.69, 9.17) is 5.00 Å². The van der Waals surface area contributed by atoms with Crippen molar-refractivity contribution < 1.29 is 0 Å². The molecule has 0 aliphatic rings. The number of hydrogen-bond donors (Lipinski definition) is 0. The first-order chi connectivity index (χ1) is 5.42. The van der Waals surface area contributed by atoms with Crippen molar-refractivity contribution in [3.05, 3.63) is 18.3 Å². The molecule has 0 aliphatic carbocycles. The van der Waals surface area contributed by atoms with Crippen molar-refractivity contribution in [1.29, 1.82) is 5.00 Å². The predicted molar refractivity (Wildman–Crippen MR) is 47.1 cm³/mol. The summed E-state index contributed by atoms with van der Waals surface area (Å²) in [7, 11) is -0.176. The van der Waals surface area contributed by atoms with Crippen LogP contribution in [0.2, 0.25) is 0 Å². The molecule has 1 atom stereocenters. The standard InChI is InChI=1S/C6H4N3PS/c7-10-6-4-2-1-3-8-5(4)9-11-6/h1-3,10H. The minimum atomic E-state index is -0.176. The highest BCUT2D eigenvalue weighted by molar-refractivity contribution is 7.46. The summed E-state index contributed by atoms with van der Waals surface area (Å²) in [5.74, 6) is 0. The van der Waals surface area contributed by atoms with Crippen molar-refractivity contribution in [2.45, 2.75) is 0 Å². The first-order valence-electron chi connectivity index (χ1n) is 3.02. The van der Waals surface area contributed by atoms with Gasteiger partial charge >= 0.3 is 0 Å². The van der Waals surface area contributed by atoms with Crippen LogP contribution in [0.3, 0.4) is 0 Å². The number of nitrogens with zero attached hydrogens (tertiary/aromatic N) is 3. The second kappa shape index (κ2) is 2.59. The fraction of sp³-hybridized carbons (Fsp3) is 0. The van der Waals surface area contributed by atoms with Gasteiger partial charge in [0.2, 0.25) is 0 Å². The van der Waals surface area contributed by atoms with Crippen LogP contribution >= 0.6 is 19.7 Å². The largest absolute Gasteiger partial charge is 0.242 e. The second-order valence-corrected chi connectivity index (χ2v) is 3.86. The molecule has 0 N–H and O–H groups in total. The lowest BCUT2D eigenvalue weighted by molar-refractivity contribution is 1.37. The summed E-state index contributed by atoms with van der Waals surface area (Å²) in [5.41, 5.74) is 0.731. The Morgan fingerprint density at radius 2 is 2.45 bits per heavy atom. The predicted octanol–water partition coefficient (Wildman–Crippen LogP) is 1.47. The van der Waals surface area contributed by atoms with Gasteiger partial charge in [0.25, 0.3) is 0 Å². The van der Waals surface area contributed by atoms with Crippen molar-refractivity contribution in [1.82, 2.24) is 9.36 Å². The van der Waals surface area contributed by atoms with Gasteiger partial charge in [0.05, 0.1) is 8.22 Å². The molecule has 54 valence electrons. The van der Waals surface area contributed by atoms with Crippen LogP contribution in [0.15, 0.2) is 18.3 Å². The molecular weight excluding hydrogens is 177 g/mol. The van der Waals surface area contributed by atoms with E-state index in [-0.39, 0.29) is 8.22 Å². The van der Waals surface area contributed by atoms with E-state index in [0.717, 1.165) is 15.7 Å². The lowest BCUT2D eigenvalue weighted by Crippen LogP contribution is -1.81. The monoisotopic (exact) mass is 181 g/mol. The van der Waals surface area contributed by atoms with Crippen LogP contribution in [0.25, 0.3) is 11.0 Å². The van der Waals surface area contributed by atoms with Gasteiger partial charge in [-0.25, -0.2) is 9.99 Å². The first kappa shape index (κ1) is 6.74. The molecule has 1 unspecified atom stereocenters. The smallest absolute Gasteiger partial charge is 0.173 e. The SMILES string of the molecule is N#[PH]c1snc2ncccc12. The molecule has 2 aromatic rings. The van der Waals surface area contributed by atoms with E-state index in [1.54, 1.807) is 6.20 Å². The van der Waals surface area contributed by atoms with Crippen molar-refractivity contribution in [2.75, 3.05) is 0 Å². The fourth-order valence-corrected chi connectivity index (χ4v) is 2.06. The van der Waals surface area contributed by atoms with Crippen LogP contribution in [0.4, 0.5) is 0 Å². The molecule has 3 nitrogen and oxygen atoms in total. The molecule has 0 saturated heterocycles. The van der Waals surface area contributed by atoms with Gasteiger partial charge in [-0.05, 0) is 23.7 Å². The van der Waals surface area contributed by atoms with Gasteiger partial charge in [-0.15, -0.1) is 0 Å². The molecule has 0 aliphatic heterocycles. The molecule has 11 heavy (non-hydrogen) atoms. The average molecular weight is 181 g/mol. The zero-order chi connectivity index (χ0) is 7.68. The van der Waals surface area contributed by atoms with E-state index in [9.17, 15) is 0 Å². The Hall–Kier alpha value is -0.950. The third kappa shape index (κ3) is 1.02. The van der Waals surface area contributed by atoms with E-state index in [1.165, 1.54) is 11.5 Å². The quantitative estimate of drug-likeness (QED) is 0.578. The topological polar surface area (TPSA) is 49.6 Å². The highest BCUT2D eigenvalue weighted by Gasteiger charge is 2.02. The lowest BCUT2D eigenvalue weighted by atomic mass is 10.4. The minimum Gasteiger partial charge on any atom is -0.242 e. The van der Waals surface area contributed by atoms with Gasteiger partial charge in [-0.3, -0.25) is 0 Å². The normalized spacial score (nSPS) is 10.8. The summed E-state index contributed by atoms with van der Waals surface area (Å²) in [6.45, 7) is 0. The van der Waals surface area contributed by atoms with Crippen LogP contribution in [0, 0.1) is 5.00 Å². The Balaban J connectivity index is 2.89. The third-order valence-corrected chi connectivity index (χ3v) is 3.04. The Kier molecular flexibility index (Phi) is 1.59. The van der Waals surface area contributed by atoms with Gasteiger partial charge in [0, 0.05) is 11.6 Å². The maximum atomic E-state index is 8.89. The van der Waals surface area contributed by atoms with E-state index >= 15 is 0 Å². The maximum Gasteiger partial charge on any atom is 0.173 e. The van der Waals surface area contributed by atoms with Crippen molar-refractivity contribution in [3.63, 3.8) is 0 Å². The van der Waals surface area contributed by atoms with Crippen LogP contribution < -0.4 is 4.62 Å². The van der Waals surface area contributed by atoms with Crippen LogP contribution in [-0.4, -0.2) is 9.36 Å². The molecule has 0 bridgehead atoms. The molecule has 0 saturated carbocycles. The van der Waals surface area contributed by atoms with Crippen LogP contribution in [-0.2, 0) is 0 Å². The molecule has 0 aromatic carbocycles. The van der Waals surface area contributed by atoms with Gasteiger partial charge in [0.1, 0.15) is 4.62 Å². The molecule has 0 fully saturated rings. The van der Waals surface area contributed by atoms with Crippen LogP contribution in [0.5, 0.6) is 0 Å². The van der Waals surface area contributed by atoms with E-state index in [1.807, 2.05) is 12.1 Å². The van der Waals surface area contributed by atoms with Gasteiger partial charge in [-0.2, -0.15) is 4.37 Å². The zero-order valence-corrected chi connectivity index (χ0v) is 7.30. The summed E-state index contributed by atoms with van der Waals surface area (Å²) in [4.78, 5) is 4.04. The molecule has 2 rings (SSSR count). The minimum absolute atomic E-state index is 0.176. The number of aromatic nitrogens is 2. The molecule has 0 radical (unpaired) electrons. The summed E-state index contributed by atoms with van der Waals surface area (Å²) >= 11 is 1.31. The highest BCUT2D eigenvalue weighted by atomic mass is 32.1. The summed E-state index contributed by atoms with van der Waals surface area (Å²) < 4.78 is 4.98. The molecule has 2 aromatic heterocycles. The first-order valence-corrected chi connectivity index (χ1v) is 4.74. The third-order valence-electron chi connectivity index (χ3n) is 1.36. The van der Waals surface area contributed by atoms with Crippen molar-refractivity contribution in [2.24, 2.45) is 0 Å². The average Bonchev–Trinajstić information content (AvgIpc) is 2.47. The molecule has 5 heteroatoms. The molecule has 0 amide bonds. The van der Waals surface area contributed by atoms with Crippen molar-refractivity contribution >= 4 is 35.4 Å². The summed E-state index contributed by atoms with van der Waals surface area (Å²) in [6, 6.07) is 3.77. The number of fused-ring (bicyclic) bond motifs is 1. The molecule has 0 spiro atoms. The Bertz CT molecular complexity index is 431. The zero-order valence-electron chi connectivity index (χ0n) is 5.48. The van der Waals surface area contributed by atoms with E-state index in [2.05, 4.69) is 9.36 Å². The summed E-state index contributed by atoms with van der Waals surface area (Å²) in [6.07, 6.45) is 1.70. The second-order valence-electron chi connectivity index (χ2n) is 2.00. The molecular formula is C6H4N3PS. The number of rotatable bonds is 0. The fourth-order valence-electron chi connectivity index (χ4n) is 0.866. The number of pyridine rings is 1. The number of hydrogen-bond acceptors (Lipinski definition) is 4. The lowest BCUT2D eigenvalue weighted by Gasteiger charge is -1.83. The highest BCUT2D eigenvalue weighted by Crippen LogP contribution is 2.13. The van der Waals surface area contributed by atoms with Gasteiger partial charge < -0.3 is 0 Å². The van der Waals surface area contributed by atoms with E-state index < -0.39 is 0 Å². The summed E-state index contributed by atoms with van der Waals surface area (Å²) in [5, 5.41) is 9.87. The van der Waals surface area contributed by atoms with Gasteiger partial charge in [-0.1, -0.05) is 0 Å². The molecule has 2 heterocycles.